The fourth-order valence-electron chi connectivity index (χ4n) is 2.82. The molecule has 0 bridgehead atoms. The first-order valence-corrected chi connectivity index (χ1v) is 7.86. The Bertz CT molecular complexity index is 785. The molecule has 1 aromatic carbocycles. The van der Waals surface area contributed by atoms with E-state index in [9.17, 15) is 0 Å². The molecule has 0 spiro atoms. The Labute approximate surface area is 132 Å². The van der Waals surface area contributed by atoms with Crippen LogP contribution in [0.15, 0.2) is 34.9 Å². The molecule has 0 atom stereocenters. The molecule has 2 heterocycles. The molecule has 4 nitrogen and oxygen atoms in total. The van der Waals surface area contributed by atoms with Crippen molar-refractivity contribution in [2.24, 2.45) is 12.8 Å². The Hall–Kier alpha value is -1.59. The topological polar surface area (TPSA) is 48.8 Å². The van der Waals surface area contributed by atoms with Gasteiger partial charge in [-0.15, -0.1) is 0 Å². The lowest BCUT2D eigenvalue weighted by Crippen LogP contribution is -2.05. The third-order valence-corrected chi connectivity index (χ3v) is 4.90. The minimum Gasteiger partial charge on any atom is -0.341 e. The first kappa shape index (κ1) is 14.4. The van der Waals surface area contributed by atoms with E-state index >= 15 is 0 Å². The summed E-state index contributed by atoms with van der Waals surface area (Å²) in [5.74, 6) is 0. The molecular formula is C16H19BrN4. The van der Waals surface area contributed by atoms with Crippen molar-refractivity contribution in [2.45, 2.75) is 19.9 Å². The molecule has 3 rings (SSSR count). The van der Waals surface area contributed by atoms with Gasteiger partial charge in [0.15, 0.2) is 0 Å². The molecule has 0 aliphatic carbocycles. The summed E-state index contributed by atoms with van der Waals surface area (Å²) in [4.78, 5) is 0. The molecule has 110 valence electrons. The van der Waals surface area contributed by atoms with E-state index in [0.29, 0.717) is 6.54 Å². The third-order valence-electron chi connectivity index (χ3n) is 3.87. The maximum atomic E-state index is 5.73. The largest absolute Gasteiger partial charge is 0.341 e. The monoisotopic (exact) mass is 346 g/mol. The zero-order valence-electron chi connectivity index (χ0n) is 12.3. The fraction of sp³-hybridized carbons (Fsp3) is 0.312. The highest BCUT2D eigenvalue weighted by atomic mass is 79.9. The third kappa shape index (κ3) is 2.51. The van der Waals surface area contributed by atoms with Crippen LogP contribution in [0.5, 0.6) is 0 Å². The number of fused-ring (bicyclic) bond motifs is 1. The SMILES string of the molecule is Cc1nn(C)c(Cn2cc(CCN)c3ccccc32)c1Br. The average molecular weight is 347 g/mol. The number of hydrogen-bond acceptors (Lipinski definition) is 2. The van der Waals surface area contributed by atoms with Crippen LogP contribution in [0.3, 0.4) is 0 Å². The Kier molecular flexibility index (Phi) is 3.87. The van der Waals surface area contributed by atoms with Gasteiger partial charge in [0.25, 0.3) is 0 Å². The van der Waals surface area contributed by atoms with Gasteiger partial charge in [0.05, 0.1) is 22.4 Å². The van der Waals surface area contributed by atoms with Gasteiger partial charge in [-0.3, -0.25) is 4.68 Å². The summed E-state index contributed by atoms with van der Waals surface area (Å²) >= 11 is 3.64. The van der Waals surface area contributed by atoms with Gasteiger partial charge < -0.3 is 10.3 Å². The Morgan fingerprint density at radius 3 is 2.71 bits per heavy atom. The van der Waals surface area contributed by atoms with Gasteiger partial charge in [-0.2, -0.15) is 5.10 Å². The molecule has 0 amide bonds. The highest BCUT2D eigenvalue weighted by Crippen LogP contribution is 2.26. The van der Waals surface area contributed by atoms with E-state index in [2.05, 4.69) is 56.1 Å². The molecule has 0 radical (unpaired) electrons. The zero-order chi connectivity index (χ0) is 15.0. The number of para-hydroxylation sites is 1. The van der Waals surface area contributed by atoms with Crippen LogP contribution in [0, 0.1) is 6.92 Å². The minimum atomic E-state index is 0.669. The molecule has 0 aliphatic heterocycles. The van der Waals surface area contributed by atoms with Crippen LogP contribution in [0.1, 0.15) is 17.0 Å². The molecular weight excluding hydrogens is 328 g/mol. The molecule has 0 unspecified atom stereocenters. The molecule has 0 saturated heterocycles. The number of rotatable bonds is 4. The van der Waals surface area contributed by atoms with Crippen LogP contribution in [0.25, 0.3) is 10.9 Å². The normalized spacial score (nSPS) is 11.4. The van der Waals surface area contributed by atoms with Crippen molar-refractivity contribution in [1.82, 2.24) is 14.3 Å². The van der Waals surface area contributed by atoms with E-state index in [1.165, 1.54) is 22.2 Å². The lowest BCUT2D eigenvalue weighted by atomic mass is 10.1. The van der Waals surface area contributed by atoms with Crippen molar-refractivity contribution in [3.63, 3.8) is 0 Å². The highest BCUT2D eigenvalue weighted by Gasteiger charge is 2.13. The Balaban J connectivity index is 2.08. The Morgan fingerprint density at radius 1 is 1.29 bits per heavy atom. The summed E-state index contributed by atoms with van der Waals surface area (Å²) in [6.07, 6.45) is 3.12. The maximum Gasteiger partial charge on any atom is 0.0739 e. The van der Waals surface area contributed by atoms with Crippen LogP contribution < -0.4 is 5.73 Å². The molecule has 0 saturated carbocycles. The van der Waals surface area contributed by atoms with E-state index in [1.807, 2.05) is 18.7 Å². The van der Waals surface area contributed by atoms with E-state index in [0.717, 1.165) is 23.1 Å². The van der Waals surface area contributed by atoms with E-state index in [-0.39, 0.29) is 0 Å². The summed E-state index contributed by atoms with van der Waals surface area (Å²) in [7, 11) is 1.99. The van der Waals surface area contributed by atoms with Crippen LogP contribution in [0.4, 0.5) is 0 Å². The van der Waals surface area contributed by atoms with Crippen LogP contribution >= 0.6 is 15.9 Å². The first-order chi connectivity index (χ1) is 10.1. The van der Waals surface area contributed by atoms with Gasteiger partial charge in [-0.25, -0.2) is 0 Å². The van der Waals surface area contributed by atoms with Crippen molar-refractivity contribution in [1.29, 1.82) is 0 Å². The van der Waals surface area contributed by atoms with Crippen LogP contribution in [0.2, 0.25) is 0 Å². The zero-order valence-corrected chi connectivity index (χ0v) is 13.9. The van der Waals surface area contributed by atoms with Crippen LogP contribution in [-0.2, 0) is 20.0 Å². The van der Waals surface area contributed by atoms with Crippen molar-refractivity contribution >= 4 is 26.8 Å². The predicted molar refractivity (Wildman–Crippen MR) is 89.4 cm³/mol. The summed E-state index contributed by atoms with van der Waals surface area (Å²) in [5.41, 5.74) is 10.5. The van der Waals surface area contributed by atoms with Crippen molar-refractivity contribution in [2.75, 3.05) is 6.54 Å². The smallest absolute Gasteiger partial charge is 0.0739 e. The van der Waals surface area contributed by atoms with Gasteiger partial charge in [-0.05, 0) is 47.4 Å². The molecule has 21 heavy (non-hydrogen) atoms. The molecule has 3 aromatic rings. The summed E-state index contributed by atoms with van der Waals surface area (Å²) in [6, 6.07) is 8.48. The van der Waals surface area contributed by atoms with Gasteiger partial charge in [-0.1, -0.05) is 18.2 Å². The summed E-state index contributed by atoms with van der Waals surface area (Å²) < 4.78 is 5.31. The quantitative estimate of drug-likeness (QED) is 0.789. The van der Waals surface area contributed by atoms with Gasteiger partial charge in [0.1, 0.15) is 0 Å². The van der Waals surface area contributed by atoms with Crippen LogP contribution in [-0.4, -0.2) is 20.9 Å². The van der Waals surface area contributed by atoms with E-state index in [4.69, 9.17) is 5.73 Å². The lowest BCUT2D eigenvalue weighted by Gasteiger charge is -2.06. The van der Waals surface area contributed by atoms with Gasteiger partial charge in [0, 0.05) is 24.1 Å². The molecule has 2 N–H and O–H groups in total. The average Bonchev–Trinajstić information content (AvgIpc) is 2.93. The van der Waals surface area contributed by atoms with Crippen molar-refractivity contribution in [3.8, 4) is 0 Å². The first-order valence-electron chi connectivity index (χ1n) is 7.06. The molecule has 0 fully saturated rings. The summed E-state index contributed by atoms with van der Waals surface area (Å²) in [6.45, 7) is 3.48. The van der Waals surface area contributed by atoms with Crippen molar-refractivity contribution in [3.05, 3.63) is 51.9 Å². The van der Waals surface area contributed by atoms with Gasteiger partial charge >= 0.3 is 0 Å². The number of aryl methyl sites for hydroxylation is 2. The second-order valence-corrected chi connectivity index (χ2v) is 6.10. The number of aromatic nitrogens is 3. The summed E-state index contributed by atoms with van der Waals surface area (Å²) in [5, 5.41) is 5.76. The minimum absolute atomic E-state index is 0.669. The van der Waals surface area contributed by atoms with Crippen molar-refractivity contribution < 1.29 is 0 Å². The highest BCUT2D eigenvalue weighted by molar-refractivity contribution is 9.10. The predicted octanol–water partition coefficient (Wildman–Crippen LogP) is 3.00. The standard InChI is InChI=1S/C16H19BrN4/c1-11-16(17)15(20(2)19-11)10-21-9-12(7-8-18)13-5-3-4-6-14(13)21/h3-6,9H,7-8,10,18H2,1-2H3. The Morgan fingerprint density at radius 2 is 2.05 bits per heavy atom. The second kappa shape index (κ2) is 5.66. The number of nitrogens with two attached hydrogens (primary N) is 1. The fourth-order valence-corrected chi connectivity index (χ4v) is 3.28. The number of nitrogens with zero attached hydrogens (tertiary/aromatic N) is 3. The van der Waals surface area contributed by atoms with E-state index < -0.39 is 0 Å². The second-order valence-electron chi connectivity index (χ2n) is 5.31. The number of hydrogen-bond donors (Lipinski definition) is 1. The number of halogens is 1. The lowest BCUT2D eigenvalue weighted by molar-refractivity contribution is 0.670. The van der Waals surface area contributed by atoms with E-state index in [1.54, 1.807) is 0 Å². The molecule has 0 aliphatic rings. The van der Waals surface area contributed by atoms with Gasteiger partial charge in [0.2, 0.25) is 0 Å². The maximum absolute atomic E-state index is 5.73. The number of benzene rings is 1. The molecule has 2 aromatic heterocycles. The molecule has 5 heteroatoms.